The van der Waals surface area contributed by atoms with Crippen molar-refractivity contribution in [3.63, 3.8) is 0 Å². The Hall–Kier alpha value is -1.06. The molecule has 3 nitrogen and oxygen atoms in total. The van der Waals surface area contributed by atoms with Crippen LogP contribution in [0.4, 0.5) is 0 Å². The number of benzene rings is 1. The second-order valence-corrected chi connectivity index (χ2v) is 4.70. The molecule has 0 unspecified atom stereocenters. The maximum Gasteiger partial charge on any atom is 0.327 e. The fourth-order valence-corrected chi connectivity index (χ4v) is 1.64. The van der Waals surface area contributed by atoms with Gasteiger partial charge in [0.2, 0.25) is 0 Å². The van der Waals surface area contributed by atoms with Crippen LogP contribution in [0.2, 0.25) is 0 Å². The van der Waals surface area contributed by atoms with Gasteiger partial charge in [0.05, 0.1) is 6.10 Å². The summed E-state index contributed by atoms with van der Waals surface area (Å²) < 4.78 is 5.03. The van der Waals surface area contributed by atoms with Crippen LogP contribution in [0.1, 0.15) is 19.4 Å². The van der Waals surface area contributed by atoms with E-state index in [9.17, 15) is 9.90 Å². The summed E-state index contributed by atoms with van der Waals surface area (Å²) in [7, 11) is 0. The molecule has 1 aromatic rings. The van der Waals surface area contributed by atoms with Gasteiger partial charge in [0.1, 0.15) is 6.61 Å². The first-order valence-corrected chi connectivity index (χ1v) is 5.98. The van der Waals surface area contributed by atoms with Gasteiger partial charge >= 0.3 is 5.97 Å². The van der Waals surface area contributed by atoms with E-state index in [4.69, 9.17) is 16.3 Å². The van der Waals surface area contributed by atoms with E-state index in [0.29, 0.717) is 0 Å². The maximum absolute atomic E-state index is 11.5. The van der Waals surface area contributed by atoms with Gasteiger partial charge < -0.3 is 9.84 Å². The molecule has 17 heavy (non-hydrogen) atoms. The lowest BCUT2D eigenvalue weighted by molar-refractivity contribution is -0.147. The van der Waals surface area contributed by atoms with Gasteiger partial charge in [-0.05, 0) is 11.5 Å². The number of aliphatic hydroxyl groups excluding tert-OH is 1. The number of carbonyl (C=O) groups is 1. The molecular formula is C13H17ClO3. The SMILES string of the molecule is CC(C)[C@H](O)[C@@H](Cl)C(=O)OCc1ccccc1. The summed E-state index contributed by atoms with van der Waals surface area (Å²) in [5.41, 5.74) is 0.892. The lowest BCUT2D eigenvalue weighted by Crippen LogP contribution is -2.34. The predicted octanol–water partition coefficient (Wildman–Crippen LogP) is 2.35. The highest BCUT2D eigenvalue weighted by Gasteiger charge is 2.28. The highest BCUT2D eigenvalue weighted by atomic mass is 35.5. The maximum atomic E-state index is 11.5. The Labute approximate surface area is 106 Å². The molecule has 0 radical (unpaired) electrons. The Morgan fingerprint density at radius 1 is 1.35 bits per heavy atom. The molecule has 0 aromatic heterocycles. The summed E-state index contributed by atoms with van der Waals surface area (Å²) in [6.07, 6.45) is -0.889. The summed E-state index contributed by atoms with van der Waals surface area (Å²) in [4.78, 5) is 11.5. The highest BCUT2D eigenvalue weighted by Crippen LogP contribution is 2.14. The van der Waals surface area contributed by atoms with Crippen molar-refractivity contribution in [1.29, 1.82) is 0 Å². The van der Waals surface area contributed by atoms with E-state index in [-0.39, 0.29) is 12.5 Å². The monoisotopic (exact) mass is 256 g/mol. The van der Waals surface area contributed by atoms with Crippen LogP contribution >= 0.6 is 11.6 Å². The van der Waals surface area contributed by atoms with Crippen molar-refractivity contribution >= 4 is 17.6 Å². The number of carbonyl (C=O) groups excluding carboxylic acids is 1. The van der Waals surface area contributed by atoms with Crippen LogP contribution < -0.4 is 0 Å². The standard InChI is InChI=1S/C13H17ClO3/c1-9(2)12(15)11(14)13(16)17-8-10-6-4-3-5-7-10/h3-7,9,11-12,15H,8H2,1-2H3/t11-,12+/m1/s1. The predicted molar refractivity (Wildman–Crippen MR) is 66.7 cm³/mol. The van der Waals surface area contributed by atoms with Crippen molar-refractivity contribution in [1.82, 2.24) is 0 Å². The summed E-state index contributed by atoms with van der Waals surface area (Å²) in [6, 6.07) is 9.33. The number of hydrogen-bond donors (Lipinski definition) is 1. The number of rotatable bonds is 5. The van der Waals surface area contributed by atoms with Crippen LogP contribution in [0.3, 0.4) is 0 Å². The topological polar surface area (TPSA) is 46.5 Å². The van der Waals surface area contributed by atoms with Gasteiger partial charge in [-0.25, -0.2) is 0 Å². The minimum Gasteiger partial charge on any atom is -0.460 e. The third-order valence-corrected chi connectivity index (χ3v) is 2.87. The average molecular weight is 257 g/mol. The van der Waals surface area contributed by atoms with E-state index in [1.165, 1.54) is 0 Å². The fourth-order valence-electron chi connectivity index (χ4n) is 1.29. The molecule has 1 rings (SSSR count). The van der Waals surface area contributed by atoms with Gasteiger partial charge in [-0.3, -0.25) is 4.79 Å². The smallest absolute Gasteiger partial charge is 0.327 e. The van der Waals surface area contributed by atoms with Crippen molar-refractivity contribution in [2.24, 2.45) is 5.92 Å². The molecule has 1 aromatic carbocycles. The summed E-state index contributed by atoms with van der Waals surface area (Å²) >= 11 is 5.82. The fraction of sp³-hybridized carbons (Fsp3) is 0.462. The third kappa shape index (κ3) is 4.36. The van der Waals surface area contributed by atoms with E-state index in [2.05, 4.69) is 0 Å². The molecule has 2 atom stereocenters. The molecule has 0 amide bonds. The van der Waals surface area contributed by atoms with Gasteiger partial charge in [0.15, 0.2) is 5.38 Å². The number of alkyl halides is 1. The zero-order valence-corrected chi connectivity index (χ0v) is 10.7. The molecule has 0 aliphatic rings. The normalized spacial score (nSPS) is 14.4. The van der Waals surface area contributed by atoms with Gasteiger partial charge in [-0.2, -0.15) is 0 Å². The Bertz CT molecular complexity index is 351. The molecule has 0 bridgehead atoms. The first-order chi connectivity index (χ1) is 8.02. The molecule has 4 heteroatoms. The molecule has 0 heterocycles. The molecule has 0 aliphatic heterocycles. The number of aliphatic hydroxyl groups is 1. The quantitative estimate of drug-likeness (QED) is 0.650. The first-order valence-electron chi connectivity index (χ1n) is 5.55. The number of esters is 1. The van der Waals surface area contributed by atoms with Gasteiger partial charge in [0.25, 0.3) is 0 Å². The molecule has 0 spiro atoms. The van der Waals surface area contributed by atoms with Crippen molar-refractivity contribution in [3.05, 3.63) is 35.9 Å². The van der Waals surface area contributed by atoms with Crippen LogP contribution in [0.5, 0.6) is 0 Å². The van der Waals surface area contributed by atoms with Gasteiger partial charge in [-0.1, -0.05) is 44.2 Å². The van der Waals surface area contributed by atoms with Crippen LogP contribution in [-0.2, 0) is 16.1 Å². The second kappa shape index (κ2) is 6.62. The van der Waals surface area contributed by atoms with Crippen molar-refractivity contribution in [3.8, 4) is 0 Å². The highest BCUT2D eigenvalue weighted by molar-refractivity contribution is 6.30. The summed E-state index contributed by atoms with van der Waals surface area (Å²) in [5.74, 6) is -0.668. The zero-order valence-electron chi connectivity index (χ0n) is 9.97. The Balaban J connectivity index is 2.45. The van der Waals surface area contributed by atoms with E-state index in [0.717, 1.165) is 5.56 Å². The average Bonchev–Trinajstić information content (AvgIpc) is 2.35. The first kappa shape index (κ1) is 14.0. The molecule has 0 aliphatic carbocycles. The van der Waals surface area contributed by atoms with Crippen LogP contribution in [0.15, 0.2) is 30.3 Å². The molecule has 94 valence electrons. The van der Waals surface area contributed by atoms with Crippen molar-refractivity contribution < 1.29 is 14.6 Å². The second-order valence-electron chi connectivity index (χ2n) is 4.23. The van der Waals surface area contributed by atoms with E-state index < -0.39 is 17.5 Å². The molecule has 1 N–H and O–H groups in total. The van der Waals surface area contributed by atoms with Crippen molar-refractivity contribution in [2.45, 2.75) is 31.9 Å². The van der Waals surface area contributed by atoms with Gasteiger partial charge in [-0.15, -0.1) is 11.6 Å². The lowest BCUT2D eigenvalue weighted by atomic mass is 10.0. The lowest BCUT2D eigenvalue weighted by Gasteiger charge is -2.18. The van der Waals surface area contributed by atoms with E-state index in [1.54, 1.807) is 13.8 Å². The molecule has 0 saturated carbocycles. The summed E-state index contributed by atoms with van der Waals surface area (Å²) in [6.45, 7) is 3.77. The molecular weight excluding hydrogens is 240 g/mol. The number of ether oxygens (including phenoxy) is 1. The van der Waals surface area contributed by atoms with E-state index >= 15 is 0 Å². The Kier molecular flexibility index (Phi) is 5.45. The molecule has 0 saturated heterocycles. The van der Waals surface area contributed by atoms with Crippen LogP contribution in [0.25, 0.3) is 0 Å². The number of hydrogen-bond acceptors (Lipinski definition) is 3. The number of halogens is 1. The van der Waals surface area contributed by atoms with Crippen LogP contribution in [0, 0.1) is 5.92 Å². The van der Waals surface area contributed by atoms with Crippen LogP contribution in [-0.4, -0.2) is 22.6 Å². The van der Waals surface area contributed by atoms with Gasteiger partial charge in [0, 0.05) is 0 Å². The zero-order chi connectivity index (χ0) is 12.8. The Morgan fingerprint density at radius 3 is 2.47 bits per heavy atom. The van der Waals surface area contributed by atoms with E-state index in [1.807, 2.05) is 30.3 Å². The largest absolute Gasteiger partial charge is 0.460 e. The summed E-state index contributed by atoms with van der Waals surface area (Å²) in [5, 5.41) is 8.61. The third-order valence-electron chi connectivity index (χ3n) is 2.43. The minimum atomic E-state index is -1.02. The van der Waals surface area contributed by atoms with Crippen molar-refractivity contribution in [2.75, 3.05) is 0 Å². The minimum absolute atomic E-state index is 0.0817. The Morgan fingerprint density at radius 2 is 1.94 bits per heavy atom. The molecule has 0 fully saturated rings.